The number of likely N-dealkylation sites (tertiary alicyclic amines) is 1. The topological polar surface area (TPSA) is 86.5 Å². The van der Waals surface area contributed by atoms with Crippen molar-refractivity contribution in [3.63, 3.8) is 0 Å². The van der Waals surface area contributed by atoms with E-state index in [2.05, 4.69) is 10.1 Å². The summed E-state index contributed by atoms with van der Waals surface area (Å²) >= 11 is 1.48. The zero-order valence-corrected chi connectivity index (χ0v) is 16.0. The van der Waals surface area contributed by atoms with Crippen LogP contribution >= 0.6 is 11.3 Å². The van der Waals surface area contributed by atoms with Gasteiger partial charge in [-0.1, -0.05) is 18.3 Å². The molecule has 2 N–H and O–H groups in total. The summed E-state index contributed by atoms with van der Waals surface area (Å²) in [4.78, 5) is 7.38. The molecule has 2 aliphatic rings. The van der Waals surface area contributed by atoms with Gasteiger partial charge in [-0.05, 0) is 12.1 Å². The Hall–Kier alpha value is -1.94. The van der Waals surface area contributed by atoms with Crippen LogP contribution in [0.25, 0.3) is 4.96 Å². The molecule has 0 amide bonds. The molecule has 27 heavy (non-hydrogen) atoms. The fraction of sp³-hybridized carbons (Fsp3) is 0.556. The predicted octanol–water partition coefficient (Wildman–Crippen LogP) is 1.16. The first kappa shape index (κ1) is 17.2. The van der Waals surface area contributed by atoms with Gasteiger partial charge in [-0.25, -0.2) is 4.98 Å². The minimum Gasteiger partial charge on any atom is -0.492 e. The van der Waals surface area contributed by atoms with Gasteiger partial charge in [0.2, 0.25) is 10.8 Å². The maximum absolute atomic E-state index is 10.9. The molecule has 1 atom stereocenters. The van der Waals surface area contributed by atoms with E-state index in [1.807, 2.05) is 19.1 Å². The van der Waals surface area contributed by atoms with Crippen molar-refractivity contribution in [2.24, 2.45) is 0 Å². The third-order valence-corrected chi connectivity index (χ3v) is 6.61. The summed E-state index contributed by atoms with van der Waals surface area (Å²) in [6.07, 6.45) is 4.09. The Bertz CT molecular complexity index is 919. The zero-order valence-electron chi connectivity index (χ0n) is 15.2. The Morgan fingerprint density at radius 1 is 1.33 bits per heavy atom. The fourth-order valence-electron chi connectivity index (χ4n) is 4.13. The molecule has 0 saturated carbocycles. The van der Waals surface area contributed by atoms with E-state index in [0.29, 0.717) is 18.2 Å². The van der Waals surface area contributed by atoms with E-state index in [0.717, 1.165) is 48.8 Å². The zero-order chi connectivity index (χ0) is 18.4. The summed E-state index contributed by atoms with van der Waals surface area (Å²) in [6.45, 7) is 5.10. The first-order valence-corrected chi connectivity index (χ1v) is 10.2. The van der Waals surface area contributed by atoms with Gasteiger partial charge in [0.1, 0.15) is 4.88 Å². The standard InChI is InChI=1S/C18H22N4O4S/c1-2-13-19-17-22(20-13)16(23)15(27-17)14(12-4-3-9-24-12)21-7-5-18(6-8-21)25-10-11-26-18/h3-4,9,14,23H,2,5-8,10-11H2,1H3/p+1/t14-/m0/s1. The second-order valence-electron chi connectivity index (χ2n) is 7.08. The number of fused-ring (bicyclic) bond motifs is 1. The first-order valence-electron chi connectivity index (χ1n) is 9.42. The number of nitrogens with zero attached hydrogens (tertiary/aromatic N) is 3. The number of rotatable bonds is 4. The fourth-order valence-corrected chi connectivity index (χ4v) is 5.27. The molecule has 2 fully saturated rings. The summed E-state index contributed by atoms with van der Waals surface area (Å²) in [5.41, 5.74) is 0. The molecule has 3 aromatic rings. The summed E-state index contributed by atoms with van der Waals surface area (Å²) in [6, 6.07) is 3.76. The van der Waals surface area contributed by atoms with Crippen molar-refractivity contribution in [1.82, 2.24) is 14.6 Å². The van der Waals surface area contributed by atoms with Gasteiger partial charge in [-0.15, -0.1) is 5.10 Å². The van der Waals surface area contributed by atoms with Gasteiger partial charge in [0.15, 0.2) is 23.4 Å². The van der Waals surface area contributed by atoms with E-state index in [-0.39, 0.29) is 11.9 Å². The van der Waals surface area contributed by atoms with Crippen molar-refractivity contribution >= 4 is 16.3 Å². The minimum atomic E-state index is -0.416. The quantitative estimate of drug-likeness (QED) is 0.694. The van der Waals surface area contributed by atoms with Crippen LogP contribution in [0.1, 0.15) is 42.3 Å². The van der Waals surface area contributed by atoms with E-state index >= 15 is 0 Å². The minimum absolute atomic E-state index is 0.0997. The third-order valence-electron chi connectivity index (χ3n) is 5.53. The highest BCUT2D eigenvalue weighted by Crippen LogP contribution is 2.36. The second kappa shape index (κ2) is 6.59. The number of thiazole rings is 1. The smallest absolute Gasteiger partial charge is 0.235 e. The number of hydrogen-bond acceptors (Lipinski definition) is 7. The second-order valence-corrected chi connectivity index (χ2v) is 8.09. The Balaban J connectivity index is 1.49. The van der Waals surface area contributed by atoms with Crippen molar-refractivity contribution < 1.29 is 23.9 Å². The van der Waals surface area contributed by atoms with Crippen molar-refractivity contribution in [3.8, 4) is 5.88 Å². The van der Waals surface area contributed by atoms with E-state index in [1.165, 1.54) is 16.2 Å². The molecule has 8 nitrogen and oxygen atoms in total. The van der Waals surface area contributed by atoms with E-state index < -0.39 is 5.79 Å². The van der Waals surface area contributed by atoms with Gasteiger partial charge >= 0.3 is 0 Å². The molecule has 0 unspecified atom stereocenters. The maximum Gasteiger partial charge on any atom is 0.235 e. The average Bonchev–Trinajstić information content (AvgIpc) is 3.46. The summed E-state index contributed by atoms with van der Waals surface area (Å²) in [5, 5.41) is 15.3. The number of furan rings is 1. The number of aryl methyl sites for hydroxylation is 1. The van der Waals surface area contributed by atoms with E-state index in [4.69, 9.17) is 13.9 Å². The predicted molar refractivity (Wildman–Crippen MR) is 97.0 cm³/mol. The molecular weight excluding hydrogens is 368 g/mol. The Morgan fingerprint density at radius 2 is 2.11 bits per heavy atom. The molecular formula is C18H23N4O4S+. The molecule has 144 valence electrons. The molecule has 0 aromatic carbocycles. The van der Waals surface area contributed by atoms with Crippen LogP contribution in [0, 0.1) is 0 Å². The molecule has 0 radical (unpaired) electrons. The molecule has 0 bridgehead atoms. The molecule has 2 saturated heterocycles. The van der Waals surface area contributed by atoms with Crippen LogP contribution in [0.5, 0.6) is 5.88 Å². The van der Waals surface area contributed by atoms with Crippen LogP contribution in [0.2, 0.25) is 0 Å². The Labute approximate surface area is 160 Å². The number of nitrogens with one attached hydrogen (secondary N) is 1. The van der Waals surface area contributed by atoms with Crippen LogP contribution in [0.15, 0.2) is 22.8 Å². The number of ether oxygens (including phenoxy) is 2. The molecule has 2 aliphatic heterocycles. The molecule has 9 heteroatoms. The molecule has 1 spiro atoms. The van der Waals surface area contributed by atoms with Crippen LogP contribution < -0.4 is 4.90 Å². The molecule has 5 rings (SSSR count). The Kier molecular flexibility index (Phi) is 4.19. The average molecular weight is 391 g/mol. The third kappa shape index (κ3) is 2.85. The number of quaternary nitrogens is 1. The van der Waals surface area contributed by atoms with E-state index in [1.54, 1.807) is 10.8 Å². The van der Waals surface area contributed by atoms with Gasteiger partial charge in [0.25, 0.3) is 0 Å². The number of hydrogen-bond donors (Lipinski definition) is 2. The van der Waals surface area contributed by atoms with E-state index in [9.17, 15) is 5.11 Å². The lowest BCUT2D eigenvalue weighted by molar-refractivity contribution is -0.934. The summed E-state index contributed by atoms with van der Waals surface area (Å²) < 4.78 is 19.0. The van der Waals surface area contributed by atoms with Gasteiger partial charge < -0.3 is 23.9 Å². The van der Waals surface area contributed by atoms with Gasteiger partial charge in [-0.3, -0.25) is 0 Å². The summed E-state index contributed by atoms with van der Waals surface area (Å²) in [5.74, 6) is 1.32. The lowest BCUT2D eigenvalue weighted by Crippen LogP contribution is -3.14. The van der Waals surface area contributed by atoms with Crippen molar-refractivity contribution in [3.05, 3.63) is 34.9 Å². The van der Waals surface area contributed by atoms with Gasteiger partial charge in [0, 0.05) is 6.42 Å². The van der Waals surface area contributed by atoms with Crippen molar-refractivity contribution in [2.75, 3.05) is 26.3 Å². The van der Waals surface area contributed by atoms with Crippen molar-refractivity contribution in [2.45, 2.75) is 38.0 Å². The number of piperidine rings is 1. The highest BCUT2D eigenvalue weighted by atomic mass is 32.1. The highest BCUT2D eigenvalue weighted by Gasteiger charge is 2.45. The number of aromatic nitrogens is 3. The van der Waals surface area contributed by atoms with Gasteiger partial charge in [-0.2, -0.15) is 4.52 Å². The maximum atomic E-state index is 10.9. The largest absolute Gasteiger partial charge is 0.492 e. The van der Waals surface area contributed by atoms with Crippen LogP contribution in [-0.4, -0.2) is 51.8 Å². The normalized spacial score (nSPS) is 21.4. The first-order chi connectivity index (χ1) is 13.2. The molecule has 0 aliphatic carbocycles. The molecule has 3 aromatic heterocycles. The summed E-state index contributed by atoms with van der Waals surface area (Å²) in [7, 11) is 0. The Morgan fingerprint density at radius 3 is 2.74 bits per heavy atom. The lowest BCUT2D eigenvalue weighted by Gasteiger charge is -2.37. The highest BCUT2D eigenvalue weighted by molar-refractivity contribution is 7.17. The van der Waals surface area contributed by atoms with Crippen LogP contribution in [-0.2, 0) is 15.9 Å². The van der Waals surface area contributed by atoms with Crippen molar-refractivity contribution in [1.29, 1.82) is 0 Å². The van der Waals surface area contributed by atoms with Crippen LogP contribution in [0.3, 0.4) is 0 Å². The monoisotopic (exact) mass is 391 g/mol. The molecule has 5 heterocycles. The van der Waals surface area contributed by atoms with Crippen LogP contribution in [0.4, 0.5) is 0 Å². The number of aromatic hydroxyl groups is 1. The lowest BCUT2D eigenvalue weighted by atomic mass is 10.0. The van der Waals surface area contributed by atoms with Gasteiger partial charge in [0.05, 0.1) is 45.4 Å². The SMILES string of the molecule is CCc1nc2sc([C@H](c3ccco3)[NH+]3CCC4(CC3)OCCO4)c(O)n2n1.